The van der Waals surface area contributed by atoms with Crippen LogP contribution in [-0.2, 0) is 15.9 Å². The van der Waals surface area contributed by atoms with E-state index >= 15 is 0 Å². The standard InChI is InChI=1S/C26H32O7/c1-4-5-6-7-8-9-10-13-17-16-19(24(29)18-14-11-12-15-20(18)27)21(25(30)32-2)22(23(17)28)26(31)33-3/h11-12,14-16,27-28H,4-10,13H2,1-3H3. The molecule has 0 spiro atoms. The van der Waals surface area contributed by atoms with E-state index in [0.717, 1.165) is 39.9 Å². The molecule has 7 nitrogen and oxygen atoms in total. The monoisotopic (exact) mass is 456 g/mol. The van der Waals surface area contributed by atoms with Gasteiger partial charge in [0, 0.05) is 5.56 Å². The van der Waals surface area contributed by atoms with Gasteiger partial charge < -0.3 is 19.7 Å². The molecule has 0 unspecified atom stereocenters. The van der Waals surface area contributed by atoms with Gasteiger partial charge in [-0.15, -0.1) is 0 Å². The lowest BCUT2D eigenvalue weighted by atomic mass is 9.89. The van der Waals surface area contributed by atoms with Crippen LogP contribution in [0, 0.1) is 0 Å². The maximum absolute atomic E-state index is 13.3. The number of carbonyl (C=O) groups excluding carboxylic acids is 3. The Hall–Kier alpha value is -3.35. The van der Waals surface area contributed by atoms with Gasteiger partial charge in [-0.3, -0.25) is 4.79 Å². The van der Waals surface area contributed by atoms with Gasteiger partial charge in [-0.05, 0) is 36.6 Å². The molecule has 0 saturated carbocycles. The van der Waals surface area contributed by atoms with Crippen LogP contribution >= 0.6 is 0 Å². The van der Waals surface area contributed by atoms with Gasteiger partial charge >= 0.3 is 11.9 Å². The number of phenols is 2. The third-order valence-corrected chi connectivity index (χ3v) is 5.60. The predicted octanol–water partition coefficient (Wildman–Crippen LogP) is 5.20. The van der Waals surface area contributed by atoms with Crippen molar-refractivity contribution in [3.05, 3.63) is 58.1 Å². The number of ether oxygens (including phenoxy) is 2. The van der Waals surface area contributed by atoms with Crippen molar-refractivity contribution in [2.45, 2.75) is 58.3 Å². The van der Waals surface area contributed by atoms with Crippen LogP contribution in [0.15, 0.2) is 30.3 Å². The number of methoxy groups -OCH3 is 2. The van der Waals surface area contributed by atoms with E-state index in [1.54, 1.807) is 12.1 Å². The van der Waals surface area contributed by atoms with Crippen molar-refractivity contribution < 1.29 is 34.1 Å². The van der Waals surface area contributed by atoms with Crippen LogP contribution in [0.2, 0.25) is 0 Å². The predicted molar refractivity (Wildman–Crippen MR) is 124 cm³/mol. The van der Waals surface area contributed by atoms with E-state index in [4.69, 9.17) is 9.47 Å². The molecular weight excluding hydrogens is 424 g/mol. The van der Waals surface area contributed by atoms with Gasteiger partial charge in [-0.2, -0.15) is 0 Å². The van der Waals surface area contributed by atoms with Crippen molar-refractivity contribution in [3.63, 3.8) is 0 Å². The number of aryl methyl sites for hydroxylation is 1. The molecule has 2 N–H and O–H groups in total. The molecule has 0 amide bonds. The van der Waals surface area contributed by atoms with E-state index in [0.29, 0.717) is 12.0 Å². The van der Waals surface area contributed by atoms with E-state index in [2.05, 4.69) is 6.92 Å². The maximum Gasteiger partial charge on any atom is 0.342 e. The zero-order valence-corrected chi connectivity index (χ0v) is 19.5. The van der Waals surface area contributed by atoms with Crippen LogP contribution in [0.4, 0.5) is 0 Å². The van der Waals surface area contributed by atoms with Crippen LogP contribution < -0.4 is 0 Å². The number of hydrogen-bond acceptors (Lipinski definition) is 7. The highest BCUT2D eigenvalue weighted by Crippen LogP contribution is 2.34. The lowest BCUT2D eigenvalue weighted by Crippen LogP contribution is -2.19. The largest absolute Gasteiger partial charge is 0.507 e. The van der Waals surface area contributed by atoms with E-state index in [9.17, 15) is 24.6 Å². The first-order chi connectivity index (χ1) is 15.9. The van der Waals surface area contributed by atoms with Gasteiger partial charge in [-0.25, -0.2) is 9.59 Å². The number of benzene rings is 2. The molecule has 0 aliphatic rings. The minimum absolute atomic E-state index is 0.0361. The van der Waals surface area contributed by atoms with Gasteiger partial charge in [0.15, 0.2) is 5.78 Å². The molecule has 2 aromatic rings. The summed E-state index contributed by atoms with van der Waals surface area (Å²) in [5, 5.41) is 21.0. The highest BCUT2D eigenvalue weighted by Gasteiger charge is 2.32. The number of unbranched alkanes of at least 4 members (excludes halogenated alkanes) is 6. The highest BCUT2D eigenvalue weighted by atomic mass is 16.5. The van der Waals surface area contributed by atoms with Crippen molar-refractivity contribution in [2.24, 2.45) is 0 Å². The van der Waals surface area contributed by atoms with Crippen LogP contribution in [-0.4, -0.2) is 42.2 Å². The summed E-state index contributed by atoms with van der Waals surface area (Å²) in [6.45, 7) is 2.16. The SMILES string of the molecule is CCCCCCCCCc1cc(C(=O)c2ccccc2O)c(C(=O)OC)c(C(=O)OC)c1O. The number of phenolic OH excluding ortho intramolecular Hbond substituents is 2. The summed E-state index contributed by atoms with van der Waals surface area (Å²) in [6.07, 6.45) is 7.81. The summed E-state index contributed by atoms with van der Waals surface area (Å²) in [6, 6.07) is 7.31. The summed E-state index contributed by atoms with van der Waals surface area (Å²) < 4.78 is 9.58. The summed E-state index contributed by atoms with van der Waals surface area (Å²) in [7, 11) is 2.23. The molecule has 2 rings (SSSR count). The van der Waals surface area contributed by atoms with Gasteiger partial charge in [0.2, 0.25) is 0 Å². The molecule has 0 radical (unpaired) electrons. The number of aromatic hydroxyl groups is 2. The number of ketones is 1. The van der Waals surface area contributed by atoms with E-state index in [1.165, 1.54) is 37.5 Å². The molecule has 0 aliphatic carbocycles. The second-order valence-corrected chi connectivity index (χ2v) is 7.88. The molecule has 33 heavy (non-hydrogen) atoms. The summed E-state index contributed by atoms with van der Waals surface area (Å²) in [5.74, 6) is -3.26. The summed E-state index contributed by atoms with van der Waals surface area (Å²) in [4.78, 5) is 38.4. The Balaban J connectivity index is 2.50. The zero-order valence-electron chi connectivity index (χ0n) is 19.5. The maximum atomic E-state index is 13.3. The highest BCUT2D eigenvalue weighted by molar-refractivity contribution is 6.19. The second-order valence-electron chi connectivity index (χ2n) is 7.88. The molecule has 0 heterocycles. The molecule has 2 aromatic carbocycles. The van der Waals surface area contributed by atoms with Crippen LogP contribution in [0.25, 0.3) is 0 Å². The average Bonchev–Trinajstić information content (AvgIpc) is 2.82. The molecule has 0 bridgehead atoms. The van der Waals surface area contributed by atoms with E-state index in [-0.39, 0.29) is 16.9 Å². The third-order valence-electron chi connectivity index (χ3n) is 5.60. The van der Waals surface area contributed by atoms with Crippen LogP contribution in [0.5, 0.6) is 11.5 Å². The molecule has 0 atom stereocenters. The van der Waals surface area contributed by atoms with Gasteiger partial charge in [0.05, 0.1) is 25.3 Å². The smallest absolute Gasteiger partial charge is 0.342 e. The fraction of sp³-hybridized carbons (Fsp3) is 0.423. The quantitative estimate of drug-likeness (QED) is 0.257. The average molecular weight is 457 g/mol. The Morgan fingerprint density at radius 1 is 0.788 bits per heavy atom. The lowest BCUT2D eigenvalue weighted by Gasteiger charge is -2.17. The molecule has 0 saturated heterocycles. The first kappa shape index (κ1) is 25.9. The van der Waals surface area contributed by atoms with Crippen LogP contribution in [0.1, 0.15) is 94.1 Å². The number of rotatable bonds is 12. The number of para-hydroxylation sites is 1. The van der Waals surface area contributed by atoms with Gasteiger partial charge in [0.25, 0.3) is 0 Å². The fourth-order valence-corrected chi connectivity index (χ4v) is 3.80. The molecule has 0 aliphatic heterocycles. The lowest BCUT2D eigenvalue weighted by molar-refractivity contribution is 0.0550. The zero-order chi connectivity index (χ0) is 24.4. The van der Waals surface area contributed by atoms with Gasteiger partial charge in [0.1, 0.15) is 17.1 Å². The van der Waals surface area contributed by atoms with E-state index < -0.39 is 34.6 Å². The normalized spacial score (nSPS) is 10.6. The summed E-state index contributed by atoms with van der Waals surface area (Å²) >= 11 is 0. The molecule has 0 aromatic heterocycles. The van der Waals surface area contributed by atoms with Crippen molar-refractivity contribution in [1.82, 2.24) is 0 Å². The minimum Gasteiger partial charge on any atom is -0.507 e. The molecular formula is C26H32O7. The Kier molecular flexibility index (Phi) is 9.91. The number of esters is 2. The van der Waals surface area contributed by atoms with Crippen molar-refractivity contribution >= 4 is 17.7 Å². The Bertz CT molecular complexity index is 994. The third kappa shape index (κ3) is 6.34. The molecule has 0 fully saturated rings. The Morgan fingerprint density at radius 3 is 1.97 bits per heavy atom. The van der Waals surface area contributed by atoms with Crippen molar-refractivity contribution in [3.8, 4) is 11.5 Å². The Morgan fingerprint density at radius 2 is 1.36 bits per heavy atom. The van der Waals surface area contributed by atoms with Crippen LogP contribution in [0.3, 0.4) is 0 Å². The first-order valence-corrected chi connectivity index (χ1v) is 11.2. The minimum atomic E-state index is -0.966. The first-order valence-electron chi connectivity index (χ1n) is 11.2. The van der Waals surface area contributed by atoms with Gasteiger partial charge in [-0.1, -0.05) is 57.6 Å². The van der Waals surface area contributed by atoms with E-state index in [1.807, 2.05) is 0 Å². The van der Waals surface area contributed by atoms with Crippen molar-refractivity contribution in [1.29, 1.82) is 0 Å². The summed E-state index contributed by atoms with van der Waals surface area (Å²) in [5.41, 5.74) is -0.622. The molecule has 178 valence electrons. The molecule has 7 heteroatoms. The number of carbonyl (C=O) groups is 3. The fourth-order valence-electron chi connectivity index (χ4n) is 3.80. The Labute approximate surface area is 194 Å². The number of hydrogen-bond donors (Lipinski definition) is 2. The topological polar surface area (TPSA) is 110 Å². The second kappa shape index (κ2) is 12.6. The van der Waals surface area contributed by atoms with Crippen molar-refractivity contribution in [2.75, 3.05) is 14.2 Å².